The number of nitrogens with zero attached hydrogens (tertiary/aromatic N) is 3. The molecular formula is C18H22N4O4. The van der Waals surface area contributed by atoms with Gasteiger partial charge in [0, 0.05) is 6.04 Å². The van der Waals surface area contributed by atoms with Crippen LogP contribution in [0.2, 0.25) is 0 Å². The van der Waals surface area contributed by atoms with Gasteiger partial charge in [0.05, 0.1) is 12.0 Å². The number of hydrogen-bond donors (Lipinski definition) is 1. The fourth-order valence-electron chi connectivity index (χ4n) is 3.13. The molecule has 0 aliphatic heterocycles. The topological polar surface area (TPSA) is 99.4 Å². The Morgan fingerprint density at radius 1 is 1.12 bits per heavy atom. The third-order valence-electron chi connectivity index (χ3n) is 4.44. The van der Waals surface area contributed by atoms with Gasteiger partial charge in [0.25, 0.3) is 0 Å². The van der Waals surface area contributed by atoms with E-state index in [-0.39, 0.29) is 23.4 Å². The molecule has 8 heteroatoms. The molecule has 2 aromatic rings. The van der Waals surface area contributed by atoms with Gasteiger partial charge in [-0.2, -0.15) is 4.98 Å². The average Bonchev–Trinajstić information content (AvgIpc) is 2.91. The van der Waals surface area contributed by atoms with E-state index < -0.39 is 4.92 Å². The first kappa shape index (κ1) is 17.9. The molecule has 1 aliphatic rings. The molecule has 8 nitrogen and oxygen atoms in total. The number of aromatic nitrogens is 2. The van der Waals surface area contributed by atoms with Crippen molar-refractivity contribution in [3.8, 4) is 17.4 Å². The van der Waals surface area contributed by atoms with Gasteiger partial charge >= 0.3 is 11.6 Å². The molecule has 138 valence electrons. The Bertz CT molecular complexity index is 761. The zero-order valence-electron chi connectivity index (χ0n) is 14.7. The van der Waals surface area contributed by atoms with Crippen LogP contribution < -0.4 is 14.8 Å². The number of para-hydroxylation sites is 2. The molecule has 0 radical (unpaired) electrons. The van der Waals surface area contributed by atoms with Crippen molar-refractivity contribution in [2.75, 3.05) is 12.4 Å². The lowest BCUT2D eigenvalue weighted by Gasteiger charge is -2.17. The molecule has 0 amide bonds. The Balaban J connectivity index is 1.89. The van der Waals surface area contributed by atoms with Crippen molar-refractivity contribution in [3.63, 3.8) is 0 Å². The zero-order chi connectivity index (χ0) is 18.4. The van der Waals surface area contributed by atoms with Crippen molar-refractivity contribution in [1.82, 2.24) is 9.97 Å². The second-order valence-corrected chi connectivity index (χ2v) is 6.22. The van der Waals surface area contributed by atoms with Crippen molar-refractivity contribution in [1.29, 1.82) is 0 Å². The molecule has 3 rings (SSSR count). The second kappa shape index (κ2) is 8.46. The molecule has 0 bridgehead atoms. The van der Waals surface area contributed by atoms with Crippen LogP contribution in [-0.2, 0) is 0 Å². The van der Waals surface area contributed by atoms with Gasteiger partial charge in [0.15, 0.2) is 11.5 Å². The highest BCUT2D eigenvalue weighted by atomic mass is 16.6. The normalized spacial score (nSPS) is 15.1. The maximum Gasteiger partial charge on any atom is 0.373 e. The molecule has 0 saturated heterocycles. The van der Waals surface area contributed by atoms with Gasteiger partial charge in [-0.05, 0) is 25.0 Å². The number of methoxy groups -OCH3 is 1. The lowest BCUT2D eigenvalue weighted by Crippen LogP contribution is -2.20. The summed E-state index contributed by atoms with van der Waals surface area (Å²) in [5, 5.41) is 14.9. The van der Waals surface area contributed by atoms with Crippen LogP contribution in [0.1, 0.15) is 38.5 Å². The molecule has 0 unspecified atom stereocenters. The Morgan fingerprint density at radius 3 is 2.46 bits per heavy atom. The number of rotatable bonds is 6. The molecule has 1 aromatic heterocycles. The van der Waals surface area contributed by atoms with E-state index in [1.165, 1.54) is 26.3 Å². The predicted octanol–water partition coefficient (Wildman–Crippen LogP) is 4.32. The molecule has 1 N–H and O–H groups in total. The van der Waals surface area contributed by atoms with Crippen molar-refractivity contribution >= 4 is 11.5 Å². The van der Waals surface area contributed by atoms with E-state index in [1.807, 2.05) is 0 Å². The maximum atomic E-state index is 11.7. The Kier molecular flexibility index (Phi) is 5.83. The summed E-state index contributed by atoms with van der Waals surface area (Å²) in [6.07, 6.45) is 7.85. The van der Waals surface area contributed by atoms with Crippen molar-refractivity contribution in [2.24, 2.45) is 0 Å². The van der Waals surface area contributed by atoms with Crippen LogP contribution in [0.4, 0.5) is 11.5 Å². The summed E-state index contributed by atoms with van der Waals surface area (Å²) in [6, 6.07) is 7.11. The molecule has 1 heterocycles. The summed E-state index contributed by atoms with van der Waals surface area (Å²) in [5.41, 5.74) is -0.261. The molecule has 1 aliphatic carbocycles. The van der Waals surface area contributed by atoms with Crippen molar-refractivity contribution in [2.45, 2.75) is 44.6 Å². The smallest absolute Gasteiger partial charge is 0.373 e. The number of nitro groups is 1. The minimum absolute atomic E-state index is 0.106. The van der Waals surface area contributed by atoms with E-state index in [4.69, 9.17) is 9.47 Å². The third kappa shape index (κ3) is 4.19. The van der Waals surface area contributed by atoms with E-state index in [1.54, 1.807) is 24.3 Å². The minimum Gasteiger partial charge on any atom is -0.493 e. The lowest BCUT2D eigenvalue weighted by molar-refractivity contribution is -0.385. The van der Waals surface area contributed by atoms with Crippen LogP contribution >= 0.6 is 0 Å². The first-order valence-corrected chi connectivity index (χ1v) is 8.76. The first-order valence-electron chi connectivity index (χ1n) is 8.76. The lowest BCUT2D eigenvalue weighted by atomic mass is 10.1. The number of ether oxygens (including phenoxy) is 2. The summed E-state index contributed by atoms with van der Waals surface area (Å²) in [5.74, 6) is 0.920. The molecule has 1 saturated carbocycles. The molecular weight excluding hydrogens is 336 g/mol. The van der Waals surface area contributed by atoms with Crippen LogP contribution in [0.5, 0.6) is 17.4 Å². The second-order valence-electron chi connectivity index (χ2n) is 6.22. The monoisotopic (exact) mass is 358 g/mol. The summed E-state index contributed by atoms with van der Waals surface area (Å²) >= 11 is 0. The molecule has 1 aromatic carbocycles. The summed E-state index contributed by atoms with van der Waals surface area (Å²) in [4.78, 5) is 19.2. The van der Waals surface area contributed by atoms with Gasteiger partial charge in [-0.3, -0.25) is 10.1 Å². The van der Waals surface area contributed by atoms with Crippen LogP contribution in [0.25, 0.3) is 0 Å². The van der Waals surface area contributed by atoms with Crippen LogP contribution in [0.3, 0.4) is 0 Å². The first-order chi connectivity index (χ1) is 12.7. The van der Waals surface area contributed by atoms with Gasteiger partial charge < -0.3 is 14.8 Å². The van der Waals surface area contributed by atoms with E-state index in [0.717, 1.165) is 25.7 Å². The quantitative estimate of drug-likeness (QED) is 0.466. The van der Waals surface area contributed by atoms with E-state index in [0.29, 0.717) is 11.5 Å². The Labute approximate surface area is 151 Å². The predicted molar refractivity (Wildman–Crippen MR) is 96.9 cm³/mol. The summed E-state index contributed by atoms with van der Waals surface area (Å²) in [6.45, 7) is 0. The van der Waals surface area contributed by atoms with Gasteiger partial charge in [0.2, 0.25) is 5.82 Å². The highest BCUT2D eigenvalue weighted by molar-refractivity contribution is 5.62. The van der Waals surface area contributed by atoms with E-state index in [9.17, 15) is 10.1 Å². The number of benzene rings is 1. The molecule has 26 heavy (non-hydrogen) atoms. The number of anilines is 1. The van der Waals surface area contributed by atoms with Crippen LogP contribution in [0.15, 0.2) is 30.6 Å². The maximum absolute atomic E-state index is 11.7. The SMILES string of the molecule is COc1ccccc1Oc1ncnc(NC2CCCCCC2)c1[N+](=O)[O-]. The van der Waals surface area contributed by atoms with E-state index in [2.05, 4.69) is 15.3 Å². The fraction of sp³-hybridized carbons (Fsp3) is 0.444. The van der Waals surface area contributed by atoms with Gasteiger partial charge in [-0.1, -0.05) is 37.8 Å². The highest BCUT2D eigenvalue weighted by Gasteiger charge is 2.27. The van der Waals surface area contributed by atoms with E-state index >= 15 is 0 Å². The summed E-state index contributed by atoms with van der Waals surface area (Å²) < 4.78 is 10.9. The molecule has 1 fully saturated rings. The van der Waals surface area contributed by atoms with Gasteiger partial charge in [-0.25, -0.2) is 4.98 Å². The number of nitrogens with one attached hydrogen (secondary N) is 1. The third-order valence-corrected chi connectivity index (χ3v) is 4.44. The van der Waals surface area contributed by atoms with Crippen molar-refractivity contribution in [3.05, 3.63) is 40.7 Å². The average molecular weight is 358 g/mol. The zero-order valence-corrected chi connectivity index (χ0v) is 14.7. The molecule has 0 spiro atoms. The van der Waals surface area contributed by atoms with Crippen LogP contribution in [-0.4, -0.2) is 28.0 Å². The van der Waals surface area contributed by atoms with Gasteiger partial charge in [-0.15, -0.1) is 0 Å². The summed E-state index contributed by atoms with van der Waals surface area (Å²) in [7, 11) is 1.51. The number of hydrogen-bond acceptors (Lipinski definition) is 7. The highest BCUT2D eigenvalue weighted by Crippen LogP contribution is 2.38. The van der Waals surface area contributed by atoms with Gasteiger partial charge in [0.1, 0.15) is 6.33 Å². The minimum atomic E-state index is -0.510. The largest absolute Gasteiger partial charge is 0.493 e. The Morgan fingerprint density at radius 2 is 1.81 bits per heavy atom. The standard InChI is InChI=1S/C18H22N4O4/c1-25-14-10-6-7-11-15(14)26-18-16(22(23)24)17(19-12-20-18)21-13-8-4-2-3-5-9-13/h6-7,10-13H,2-5,8-9H2,1H3,(H,19,20,21). The fourth-order valence-corrected chi connectivity index (χ4v) is 3.13. The Hall–Kier alpha value is -2.90. The van der Waals surface area contributed by atoms with Crippen molar-refractivity contribution < 1.29 is 14.4 Å². The molecule has 0 atom stereocenters. The van der Waals surface area contributed by atoms with Crippen LogP contribution in [0, 0.1) is 10.1 Å².